The first-order valence-corrected chi connectivity index (χ1v) is 6.75. The highest BCUT2D eigenvalue weighted by molar-refractivity contribution is 6.55. The van der Waals surface area contributed by atoms with Crippen molar-refractivity contribution in [2.75, 3.05) is 52.6 Å². The van der Waals surface area contributed by atoms with Crippen molar-refractivity contribution in [2.45, 2.75) is 4.33 Å². The van der Waals surface area contributed by atoms with Gasteiger partial charge in [0.05, 0.1) is 37.8 Å². The smallest absolute Gasteiger partial charge is 0.200 e. The fourth-order valence-electron chi connectivity index (χ4n) is 2.48. The van der Waals surface area contributed by atoms with Gasteiger partial charge in [0, 0.05) is 26.2 Å². The molecule has 0 saturated carbocycles. The van der Waals surface area contributed by atoms with E-state index >= 15 is 0 Å². The van der Waals surface area contributed by atoms with Gasteiger partial charge in [0.15, 0.2) is 0 Å². The molecule has 0 atom stereocenters. The van der Waals surface area contributed by atoms with Crippen LogP contribution >= 0.6 is 23.2 Å². The van der Waals surface area contributed by atoms with Crippen molar-refractivity contribution in [3.63, 3.8) is 0 Å². The Morgan fingerprint density at radius 3 is 1.47 bits per heavy atom. The SMILES string of the molecule is ClC1(Cl)C(N2CCOCC2)=C1N1CCOCC1. The lowest BCUT2D eigenvalue weighted by molar-refractivity contribution is 0.0513. The second-order valence-corrected chi connectivity index (χ2v) is 5.80. The average molecular weight is 279 g/mol. The van der Waals surface area contributed by atoms with Crippen LogP contribution in [0.2, 0.25) is 0 Å². The first-order chi connectivity index (χ1) is 8.21. The molecule has 2 saturated heterocycles. The number of hydrogen-bond acceptors (Lipinski definition) is 4. The van der Waals surface area contributed by atoms with Gasteiger partial charge in [0.1, 0.15) is 0 Å². The maximum Gasteiger partial charge on any atom is 0.200 e. The summed E-state index contributed by atoms with van der Waals surface area (Å²) in [5.74, 6) is 0. The number of allylic oxidation sites excluding steroid dienone is 2. The van der Waals surface area contributed by atoms with E-state index in [4.69, 9.17) is 32.7 Å². The van der Waals surface area contributed by atoms with E-state index in [0.717, 1.165) is 64.0 Å². The molecule has 4 nitrogen and oxygen atoms in total. The first-order valence-electron chi connectivity index (χ1n) is 5.99. The van der Waals surface area contributed by atoms with Gasteiger partial charge in [-0.25, -0.2) is 0 Å². The molecule has 0 aromatic carbocycles. The number of morpholine rings is 2. The summed E-state index contributed by atoms with van der Waals surface area (Å²) in [7, 11) is 0. The number of alkyl halides is 2. The average Bonchev–Trinajstić information content (AvgIpc) is 2.94. The summed E-state index contributed by atoms with van der Waals surface area (Å²) in [5, 5.41) is 0. The molecule has 3 rings (SSSR count). The van der Waals surface area contributed by atoms with Crippen LogP contribution in [-0.4, -0.2) is 66.7 Å². The molecule has 17 heavy (non-hydrogen) atoms. The van der Waals surface area contributed by atoms with Gasteiger partial charge < -0.3 is 19.3 Å². The molecule has 2 aliphatic heterocycles. The predicted molar refractivity (Wildman–Crippen MR) is 66.2 cm³/mol. The van der Waals surface area contributed by atoms with Crippen LogP contribution in [0.15, 0.2) is 11.4 Å². The third kappa shape index (κ3) is 2.12. The Morgan fingerprint density at radius 1 is 0.765 bits per heavy atom. The van der Waals surface area contributed by atoms with Crippen LogP contribution < -0.4 is 0 Å². The highest BCUT2D eigenvalue weighted by Crippen LogP contribution is 2.56. The Labute approximate surface area is 111 Å². The molecule has 3 aliphatic rings. The van der Waals surface area contributed by atoms with E-state index in [9.17, 15) is 0 Å². The van der Waals surface area contributed by atoms with Crippen molar-refractivity contribution in [3.8, 4) is 0 Å². The van der Waals surface area contributed by atoms with Crippen LogP contribution in [0.25, 0.3) is 0 Å². The molecule has 0 radical (unpaired) electrons. The molecule has 0 amide bonds. The Morgan fingerprint density at radius 2 is 1.12 bits per heavy atom. The van der Waals surface area contributed by atoms with Crippen LogP contribution in [-0.2, 0) is 9.47 Å². The molecule has 96 valence electrons. The molecule has 0 bridgehead atoms. The normalized spacial score (nSPS) is 28.6. The van der Waals surface area contributed by atoms with Crippen LogP contribution in [0.4, 0.5) is 0 Å². The Kier molecular flexibility index (Phi) is 3.15. The molecule has 0 spiro atoms. The molecule has 0 unspecified atom stereocenters. The molecule has 0 N–H and O–H groups in total. The maximum absolute atomic E-state index is 6.37. The maximum atomic E-state index is 6.37. The summed E-state index contributed by atoms with van der Waals surface area (Å²) in [6.45, 7) is 6.53. The van der Waals surface area contributed by atoms with E-state index < -0.39 is 4.33 Å². The van der Waals surface area contributed by atoms with Crippen molar-refractivity contribution in [2.24, 2.45) is 0 Å². The molecular weight excluding hydrogens is 263 g/mol. The van der Waals surface area contributed by atoms with E-state index in [2.05, 4.69) is 9.80 Å². The lowest BCUT2D eigenvalue weighted by atomic mass is 10.4. The zero-order chi connectivity index (χ0) is 11.9. The lowest BCUT2D eigenvalue weighted by Gasteiger charge is -2.27. The van der Waals surface area contributed by atoms with Crippen molar-refractivity contribution in [1.29, 1.82) is 0 Å². The number of rotatable bonds is 2. The summed E-state index contributed by atoms with van der Waals surface area (Å²) < 4.78 is 9.90. The van der Waals surface area contributed by atoms with Crippen molar-refractivity contribution >= 4 is 23.2 Å². The highest BCUT2D eigenvalue weighted by Gasteiger charge is 2.57. The standard InChI is InChI=1S/C11H16Cl2N2O2/c12-11(13)9(14-1-5-16-6-2-14)10(11)15-3-7-17-8-4-15/h1-8H2. The minimum atomic E-state index is -0.783. The molecule has 1 aliphatic carbocycles. The summed E-state index contributed by atoms with van der Waals surface area (Å²) in [5.41, 5.74) is 2.15. The zero-order valence-electron chi connectivity index (χ0n) is 9.62. The highest BCUT2D eigenvalue weighted by atomic mass is 35.5. The van der Waals surface area contributed by atoms with Crippen LogP contribution in [0.5, 0.6) is 0 Å². The van der Waals surface area contributed by atoms with Gasteiger partial charge in [0.2, 0.25) is 4.33 Å². The summed E-state index contributed by atoms with van der Waals surface area (Å²) in [6.07, 6.45) is 0. The fraction of sp³-hybridized carbons (Fsp3) is 0.818. The summed E-state index contributed by atoms with van der Waals surface area (Å²) >= 11 is 12.7. The Bertz CT molecular complexity index is 304. The van der Waals surface area contributed by atoms with Gasteiger partial charge in [-0.1, -0.05) is 23.2 Å². The number of hydrogen-bond donors (Lipinski definition) is 0. The van der Waals surface area contributed by atoms with Crippen molar-refractivity contribution in [3.05, 3.63) is 11.4 Å². The first kappa shape index (κ1) is 11.9. The summed E-state index contributed by atoms with van der Waals surface area (Å²) in [6, 6.07) is 0. The van der Waals surface area contributed by atoms with Crippen LogP contribution in [0.3, 0.4) is 0 Å². The van der Waals surface area contributed by atoms with Gasteiger partial charge in [0.25, 0.3) is 0 Å². The van der Waals surface area contributed by atoms with E-state index in [1.807, 2.05) is 0 Å². The molecule has 0 aromatic heterocycles. The van der Waals surface area contributed by atoms with Gasteiger partial charge in [-0.15, -0.1) is 0 Å². The van der Waals surface area contributed by atoms with Gasteiger partial charge >= 0.3 is 0 Å². The zero-order valence-corrected chi connectivity index (χ0v) is 11.1. The van der Waals surface area contributed by atoms with Crippen LogP contribution in [0, 0.1) is 0 Å². The lowest BCUT2D eigenvalue weighted by Crippen LogP contribution is -2.35. The monoisotopic (exact) mass is 278 g/mol. The van der Waals surface area contributed by atoms with Gasteiger partial charge in [-0.3, -0.25) is 0 Å². The van der Waals surface area contributed by atoms with Crippen molar-refractivity contribution < 1.29 is 9.47 Å². The van der Waals surface area contributed by atoms with E-state index in [1.54, 1.807) is 0 Å². The molecule has 2 heterocycles. The molecule has 0 aromatic rings. The van der Waals surface area contributed by atoms with E-state index in [0.29, 0.717) is 0 Å². The minimum absolute atomic E-state index is 0.754. The van der Waals surface area contributed by atoms with Gasteiger partial charge in [-0.05, 0) is 0 Å². The Balaban J connectivity index is 1.74. The molecule has 6 heteroatoms. The second-order valence-electron chi connectivity index (χ2n) is 4.47. The molecular formula is C11H16Cl2N2O2. The summed E-state index contributed by atoms with van der Waals surface area (Å²) in [4.78, 5) is 4.49. The third-order valence-corrected chi connectivity index (χ3v) is 4.13. The fourth-order valence-corrected chi connectivity index (χ4v) is 3.22. The van der Waals surface area contributed by atoms with E-state index in [-0.39, 0.29) is 0 Å². The quantitative estimate of drug-likeness (QED) is 0.705. The van der Waals surface area contributed by atoms with Crippen molar-refractivity contribution in [1.82, 2.24) is 9.80 Å². The second kappa shape index (κ2) is 4.50. The van der Waals surface area contributed by atoms with E-state index in [1.165, 1.54) is 0 Å². The minimum Gasteiger partial charge on any atom is -0.378 e. The molecule has 2 fully saturated rings. The number of halogens is 2. The predicted octanol–water partition coefficient (Wildman–Crippen LogP) is 1.05. The topological polar surface area (TPSA) is 24.9 Å². The van der Waals surface area contributed by atoms with Gasteiger partial charge in [-0.2, -0.15) is 0 Å². The largest absolute Gasteiger partial charge is 0.378 e. The number of ether oxygens (including phenoxy) is 2. The Hall–Kier alpha value is -0.160. The van der Waals surface area contributed by atoms with Crippen LogP contribution in [0.1, 0.15) is 0 Å². The third-order valence-electron chi connectivity index (χ3n) is 3.41. The number of nitrogens with zero attached hydrogens (tertiary/aromatic N) is 2.